The summed E-state index contributed by atoms with van der Waals surface area (Å²) in [6.07, 6.45) is 0.980. The molecule has 0 nitrogen and oxygen atoms in total. The summed E-state index contributed by atoms with van der Waals surface area (Å²) in [6.45, 7) is 2.25. The first-order valence-electron chi connectivity index (χ1n) is 9.54. The summed E-state index contributed by atoms with van der Waals surface area (Å²) in [7, 11) is 0. The predicted octanol–water partition coefficient (Wildman–Crippen LogP) is 7.40. The molecule has 0 fully saturated rings. The lowest BCUT2D eigenvalue weighted by Gasteiger charge is -2.22. The minimum absolute atomic E-state index is 0.980. The Bertz CT molecular complexity index is 917. The Morgan fingerprint density at radius 1 is 0.481 bits per heavy atom. The fourth-order valence-corrected chi connectivity index (χ4v) is 3.76. The lowest BCUT2D eigenvalue weighted by Crippen LogP contribution is -2.05. The Hall–Kier alpha value is -3.12. The number of hydrogen-bond donors (Lipinski definition) is 0. The second kappa shape index (κ2) is 8.05. The standard InChI is InChI=1S/C27H23/c1-2-23(26-19-11-9-17-24(26)21-13-5-3-6-14-21)27-20-12-10-18-25(27)22-15-7-4-8-16-22/h3-20H,2H2,1H3. The Morgan fingerprint density at radius 3 is 1.26 bits per heavy atom. The molecule has 0 heterocycles. The quantitative estimate of drug-likeness (QED) is 0.353. The first-order chi connectivity index (χ1) is 13.4. The maximum atomic E-state index is 2.25. The van der Waals surface area contributed by atoms with Crippen molar-refractivity contribution < 1.29 is 0 Å². The molecule has 0 atom stereocenters. The second-order valence-electron chi connectivity index (χ2n) is 6.66. The molecule has 0 saturated heterocycles. The molecule has 0 spiro atoms. The highest BCUT2D eigenvalue weighted by molar-refractivity contribution is 5.77. The van der Waals surface area contributed by atoms with Gasteiger partial charge >= 0.3 is 0 Å². The third-order valence-electron chi connectivity index (χ3n) is 5.03. The molecule has 4 aromatic carbocycles. The zero-order chi connectivity index (χ0) is 18.5. The van der Waals surface area contributed by atoms with Gasteiger partial charge in [0.15, 0.2) is 0 Å². The van der Waals surface area contributed by atoms with Gasteiger partial charge in [-0.2, -0.15) is 0 Å². The van der Waals surface area contributed by atoms with Crippen LogP contribution in [0.25, 0.3) is 22.3 Å². The van der Waals surface area contributed by atoms with Crippen LogP contribution < -0.4 is 0 Å². The molecule has 0 heteroatoms. The second-order valence-corrected chi connectivity index (χ2v) is 6.66. The Labute approximate surface area is 162 Å². The van der Waals surface area contributed by atoms with E-state index in [0.717, 1.165) is 6.42 Å². The van der Waals surface area contributed by atoms with Gasteiger partial charge in [0.25, 0.3) is 0 Å². The van der Waals surface area contributed by atoms with Crippen molar-refractivity contribution in [2.75, 3.05) is 0 Å². The van der Waals surface area contributed by atoms with E-state index in [1.165, 1.54) is 39.3 Å². The molecule has 0 aliphatic heterocycles. The van der Waals surface area contributed by atoms with Crippen LogP contribution in [0, 0.1) is 5.92 Å². The van der Waals surface area contributed by atoms with Gasteiger partial charge in [-0.25, -0.2) is 0 Å². The maximum absolute atomic E-state index is 2.25. The van der Waals surface area contributed by atoms with Crippen LogP contribution in [0.5, 0.6) is 0 Å². The van der Waals surface area contributed by atoms with Gasteiger partial charge in [-0.05, 0) is 39.8 Å². The van der Waals surface area contributed by atoms with Gasteiger partial charge in [-0.15, -0.1) is 0 Å². The maximum Gasteiger partial charge on any atom is 0.0350 e. The van der Waals surface area contributed by atoms with Crippen LogP contribution in [0.3, 0.4) is 0 Å². The summed E-state index contributed by atoms with van der Waals surface area (Å²) in [5.41, 5.74) is 7.73. The van der Waals surface area contributed by atoms with Crippen molar-refractivity contribution in [2.24, 2.45) is 0 Å². The van der Waals surface area contributed by atoms with Gasteiger partial charge in [0, 0.05) is 5.92 Å². The Morgan fingerprint density at radius 2 is 0.852 bits per heavy atom. The fraction of sp³-hybridized carbons (Fsp3) is 0.0741. The monoisotopic (exact) mass is 347 g/mol. The molecule has 0 saturated carbocycles. The van der Waals surface area contributed by atoms with Crippen LogP contribution in [-0.4, -0.2) is 0 Å². The first kappa shape index (κ1) is 17.3. The largest absolute Gasteiger partial charge is 0.0642 e. The fourth-order valence-electron chi connectivity index (χ4n) is 3.76. The van der Waals surface area contributed by atoms with Crippen LogP contribution in [-0.2, 0) is 0 Å². The summed E-state index contributed by atoms with van der Waals surface area (Å²) >= 11 is 0. The molecule has 4 aromatic rings. The van der Waals surface area contributed by atoms with E-state index in [1.54, 1.807) is 0 Å². The molecule has 0 bridgehead atoms. The van der Waals surface area contributed by atoms with Crippen molar-refractivity contribution in [1.29, 1.82) is 0 Å². The van der Waals surface area contributed by atoms with E-state index in [9.17, 15) is 0 Å². The summed E-state index contributed by atoms with van der Waals surface area (Å²) in [4.78, 5) is 0. The lowest BCUT2D eigenvalue weighted by atomic mass is 9.81. The number of hydrogen-bond acceptors (Lipinski definition) is 0. The van der Waals surface area contributed by atoms with E-state index < -0.39 is 0 Å². The van der Waals surface area contributed by atoms with Gasteiger partial charge in [-0.1, -0.05) is 116 Å². The summed E-state index contributed by atoms with van der Waals surface area (Å²) < 4.78 is 0. The van der Waals surface area contributed by atoms with Crippen molar-refractivity contribution in [1.82, 2.24) is 0 Å². The third kappa shape index (κ3) is 3.57. The molecule has 131 valence electrons. The molecule has 0 aliphatic rings. The predicted molar refractivity (Wildman–Crippen MR) is 115 cm³/mol. The van der Waals surface area contributed by atoms with E-state index in [2.05, 4.69) is 116 Å². The van der Waals surface area contributed by atoms with Crippen LogP contribution >= 0.6 is 0 Å². The van der Waals surface area contributed by atoms with Crippen molar-refractivity contribution in [2.45, 2.75) is 13.3 Å². The molecule has 0 aromatic heterocycles. The van der Waals surface area contributed by atoms with Crippen molar-refractivity contribution >= 4 is 0 Å². The molecule has 1 radical (unpaired) electrons. The molecular formula is C27H23. The highest BCUT2D eigenvalue weighted by atomic mass is 14.2. The highest BCUT2D eigenvalue weighted by Gasteiger charge is 2.20. The van der Waals surface area contributed by atoms with Crippen LogP contribution in [0.2, 0.25) is 0 Å². The molecule has 0 N–H and O–H groups in total. The average molecular weight is 347 g/mol. The Balaban J connectivity index is 1.86. The first-order valence-corrected chi connectivity index (χ1v) is 9.54. The minimum atomic E-state index is 0.980. The Kier molecular flexibility index (Phi) is 5.16. The average Bonchev–Trinajstić information content (AvgIpc) is 2.76. The van der Waals surface area contributed by atoms with Crippen molar-refractivity contribution in [3.63, 3.8) is 0 Å². The highest BCUT2D eigenvalue weighted by Crippen LogP contribution is 2.38. The summed E-state index contributed by atoms with van der Waals surface area (Å²) in [5.74, 6) is 1.38. The van der Waals surface area contributed by atoms with E-state index in [0.29, 0.717) is 0 Å². The van der Waals surface area contributed by atoms with Gasteiger partial charge in [0.2, 0.25) is 0 Å². The van der Waals surface area contributed by atoms with Gasteiger partial charge < -0.3 is 0 Å². The van der Waals surface area contributed by atoms with Crippen LogP contribution in [0.4, 0.5) is 0 Å². The molecular weight excluding hydrogens is 324 g/mol. The van der Waals surface area contributed by atoms with E-state index >= 15 is 0 Å². The van der Waals surface area contributed by atoms with Crippen LogP contribution in [0.15, 0.2) is 109 Å². The van der Waals surface area contributed by atoms with Gasteiger partial charge in [0.05, 0.1) is 0 Å². The van der Waals surface area contributed by atoms with Gasteiger partial charge in [0.1, 0.15) is 0 Å². The summed E-state index contributed by atoms with van der Waals surface area (Å²) in [6, 6.07) is 38.8. The minimum Gasteiger partial charge on any atom is -0.0642 e. The zero-order valence-corrected chi connectivity index (χ0v) is 15.6. The molecule has 0 aliphatic carbocycles. The topological polar surface area (TPSA) is 0 Å². The third-order valence-corrected chi connectivity index (χ3v) is 5.03. The zero-order valence-electron chi connectivity index (χ0n) is 15.6. The summed E-state index contributed by atoms with van der Waals surface area (Å²) in [5, 5.41) is 0. The van der Waals surface area contributed by atoms with E-state index in [4.69, 9.17) is 0 Å². The van der Waals surface area contributed by atoms with E-state index in [-0.39, 0.29) is 0 Å². The van der Waals surface area contributed by atoms with Crippen molar-refractivity contribution in [3.8, 4) is 22.3 Å². The van der Waals surface area contributed by atoms with Gasteiger partial charge in [-0.3, -0.25) is 0 Å². The smallest absolute Gasteiger partial charge is 0.0350 e. The molecule has 27 heavy (non-hydrogen) atoms. The number of rotatable bonds is 5. The lowest BCUT2D eigenvalue weighted by molar-refractivity contribution is 0.993. The van der Waals surface area contributed by atoms with Crippen molar-refractivity contribution in [3.05, 3.63) is 126 Å². The number of benzene rings is 4. The molecule has 0 amide bonds. The molecule has 4 rings (SSSR count). The normalized spacial score (nSPS) is 10.9. The van der Waals surface area contributed by atoms with Crippen LogP contribution in [0.1, 0.15) is 24.5 Å². The SMILES string of the molecule is CC[C](c1ccccc1-c1ccccc1)c1ccccc1-c1ccccc1. The molecule has 0 unspecified atom stereocenters. The van der Waals surface area contributed by atoms with E-state index in [1.807, 2.05) is 0 Å².